The number of fused-ring (bicyclic) bond motifs is 1. The molecule has 5 nitrogen and oxygen atoms in total. The minimum atomic E-state index is -0.532. The third kappa shape index (κ3) is 3.26. The van der Waals surface area contributed by atoms with Gasteiger partial charge in [-0.25, -0.2) is 0 Å². The van der Waals surface area contributed by atoms with Gasteiger partial charge < -0.3 is 25.1 Å². The van der Waals surface area contributed by atoms with E-state index in [-0.39, 0.29) is 25.1 Å². The first kappa shape index (κ1) is 17.2. The van der Waals surface area contributed by atoms with Gasteiger partial charge in [-0.05, 0) is 36.5 Å². The molecule has 0 saturated heterocycles. The van der Waals surface area contributed by atoms with E-state index in [1.165, 1.54) is 19.3 Å². The van der Waals surface area contributed by atoms with Crippen LogP contribution in [0.1, 0.15) is 43.7 Å². The molecule has 0 bridgehead atoms. The molecule has 1 fully saturated rings. The molecular formula is C16H24ClNO4. The van der Waals surface area contributed by atoms with Gasteiger partial charge in [0, 0.05) is 0 Å². The van der Waals surface area contributed by atoms with Crippen LogP contribution in [0.25, 0.3) is 0 Å². The van der Waals surface area contributed by atoms with Crippen molar-refractivity contribution in [2.75, 3.05) is 13.9 Å². The monoisotopic (exact) mass is 329 g/mol. The predicted molar refractivity (Wildman–Crippen MR) is 85.9 cm³/mol. The fourth-order valence-electron chi connectivity index (χ4n) is 3.31. The summed E-state index contributed by atoms with van der Waals surface area (Å²) in [7, 11) is 1.59. The molecule has 6 heteroatoms. The first-order valence-corrected chi connectivity index (χ1v) is 7.62. The van der Waals surface area contributed by atoms with E-state index in [9.17, 15) is 5.11 Å². The third-order valence-electron chi connectivity index (χ3n) is 4.57. The lowest BCUT2D eigenvalue weighted by Gasteiger charge is -2.30. The van der Waals surface area contributed by atoms with Crippen molar-refractivity contribution in [2.45, 2.75) is 44.2 Å². The van der Waals surface area contributed by atoms with Gasteiger partial charge in [-0.3, -0.25) is 0 Å². The standard InChI is InChI=1S/C16H23NO4.ClH/c1-19-12-7-11(8-13-16(12)21-9-20-13)14(17)15(18)10-5-3-2-4-6-10;/h7-8,10,14-15,18H,2-6,9,17H2,1H3;1H/t14-,15+;/m1./s1. The van der Waals surface area contributed by atoms with Crippen molar-refractivity contribution >= 4 is 12.4 Å². The molecule has 1 heterocycles. The van der Waals surface area contributed by atoms with Crippen molar-refractivity contribution in [2.24, 2.45) is 11.7 Å². The number of nitrogens with two attached hydrogens (primary N) is 1. The molecule has 1 aromatic carbocycles. The number of ether oxygens (including phenoxy) is 3. The number of aliphatic hydroxyl groups excluding tert-OH is 1. The quantitative estimate of drug-likeness (QED) is 0.888. The summed E-state index contributed by atoms with van der Waals surface area (Å²) in [6.45, 7) is 0.190. The highest BCUT2D eigenvalue weighted by molar-refractivity contribution is 5.85. The van der Waals surface area contributed by atoms with Gasteiger partial charge in [0.2, 0.25) is 12.5 Å². The van der Waals surface area contributed by atoms with Gasteiger partial charge in [0.1, 0.15) is 0 Å². The molecule has 2 atom stereocenters. The Hall–Kier alpha value is -1.17. The number of hydrogen-bond acceptors (Lipinski definition) is 5. The Morgan fingerprint density at radius 3 is 2.64 bits per heavy atom. The number of rotatable bonds is 4. The minimum absolute atomic E-state index is 0. The summed E-state index contributed by atoms with van der Waals surface area (Å²) >= 11 is 0. The number of halogens is 1. The van der Waals surface area contributed by atoms with Crippen LogP contribution in [0.5, 0.6) is 17.2 Å². The zero-order chi connectivity index (χ0) is 14.8. The Bertz CT molecular complexity index is 505. The second kappa shape index (κ2) is 7.40. The van der Waals surface area contributed by atoms with E-state index in [0.29, 0.717) is 17.2 Å². The maximum absolute atomic E-state index is 10.6. The number of benzene rings is 1. The van der Waals surface area contributed by atoms with Crippen LogP contribution < -0.4 is 19.9 Å². The molecule has 1 saturated carbocycles. The maximum Gasteiger partial charge on any atom is 0.231 e. The van der Waals surface area contributed by atoms with Gasteiger partial charge in [-0.15, -0.1) is 12.4 Å². The average molecular weight is 330 g/mol. The molecule has 1 aromatic rings. The Morgan fingerprint density at radius 2 is 1.95 bits per heavy atom. The summed E-state index contributed by atoms with van der Waals surface area (Å²) in [6.07, 6.45) is 5.19. The highest BCUT2D eigenvalue weighted by Crippen LogP contribution is 2.43. The second-order valence-electron chi connectivity index (χ2n) is 5.87. The van der Waals surface area contributed by atoms with E-state index < -0.39 is 12.1 Å². The van der Waals surface area contributed by atoms with Crippen molar-refractivity contribution in [3.8, 4) is 17.2 Å². The van der Waals surface area contributed by atoms with Crippen LogP contribution in [0.2, 0.25) is 0 Å². The SMILES string of the molecule is COc1cc([C@@H](N)[C@@H](O)C2CCCCC2)cc2c1OCO2.Cl. The zero-order valence-electron chi connectivity index (χ0n) is 12.8. The van der Waals surface area contributed by atoms with Crippen molar-refractivity contribution in [3.63, 3.8) is 0 Å². The second-order valence-corrected chi connectivity index (χ2v) is 5.87. The zero-order valence-corrected chi connectivity index (χ0v) is 13.6. The molecule has 0 aromatic heterocycles. The summed E-state index contributed by atoms with van der Waals surface area (Å²) in [4.78, 5) is 0. The highest BCUT2D eigenvalue weighted by Gasteiger charge is 2.30. The van der Waals surface area contributed by atoms with E-state index in [1.807, 2.05) is 12.1 Å². The minimum Gasteiger partial charge on any atom is -0.493 e. The Kier molecular flexibility index (Phi) is 5.78. The lowest BCUT2D eigenvalue weighted by molar-refractivity contribution is 0.0617. The predicted octanol–water partition coefficient (Wildman–Crippen LogP) is 2.79. The molecule has 2 aliphatic rings. The molecule has 22 heavy (non-hydrogen) atoms. The van der Waals surface area contributed by atoms with Crippen LogP contribution >= 0.6 is 12.4 Å². The van der Waals surface area contributed by atoms with E-state index >= 15 is 0 Å². The van der Waals surface area contributed by atoms with E-state index in [0.717, 1.165) is 18.4 Å². The fraction of sp³-hybridized carbons (Fsp3) is 0.625. The number of hydrogen-bond donors (Lipinski definition) is 2. The van der Waals surface area contributed by atoms with Crippen molar-refractivity contribution in [1.29, 1.82) is 0 Å². The van der Waals surface area contributed by atoms with Gasteiger partial charge in [0.15, 0.2) is 11.5 Å². The van der Waals surface area contributed by atoms with Crippen LogP contribution in [0.4, 0.5) is 0 Å². The van der Waals surface area contributed by atoms with Crippen molar-refractivity contribution in [3.05, 3.63) is 17.7 Å². The highest BCUT2D eigenvalue weighted by atomic mass is 35.5. The van der Waals surface area contributed by atoms with Crippen LogP contribution in [0, 0.1) is 5.92 Å². The fourth-order valence-corrected chi connectivity index (χ4v) is 3.31. The lowest BCUT2D eigenvalue weighted by atomic mass is 9.81. The molecule has 0 unspecified atom stereocenters. The van der Waals surface area contributed by atoms with Gasteiger partial charge in [-0.2, -0.15) is 0 Å². The third-order valence-corrected chi connectivity index (χ3v) is 4.57. The van der Waals surface area contributed by atoms with Gasteiger partial charge in [-0.1, -0.05) is 19.3 Å². The molecule has 1 aliphatic carbocycles. The molecule has 124 valence electrons. The summed E-state index contributed by atoms with van der Waals surface area (Å²) in [5.41, 5.74) is 7.11. The Labute approximate surface area is 137 Å². The van der Waals surface area contributed by atoms with E-state index in [4.69, 9.17) is 19.9 Å². The Morgan fingerprint density at radius 1 is 1.23 bits per heavy atom. The molecule has 3 N–H and O–H groups in total. The molecule has 0 amide bonds. The van der Waals surface area contributed by atoms with Gasteiger partial charge >= 0.3 is 0 Å². The summed E-state index contributed by atoms with van der Waals surface area (Å²) in [5.74, 6) is 2.13. The number of methoxy groups -OCH3 is 1. The molecular weight excluding hydrogens is 306 g/mol. The van der Waals surface area contributed by atoms with E-state index in [2.05, 4.69) is 0 Å². The van der Waals surface area contributed by atoms with Gasteiger partial charge in [0.05, 0.1) is 19.3 Å². The first-order valence-electron chi connectivity index (χ1n) is 7.62. The van der Waals surface area contributed by atoms with E-state index in [1.54, 1.807) is 7.11 Å². The molecule has 3 rings (SSSR count). The molecule has 1 aliphatic heterocycles. The number of aliphatic hydroxyl groups is 1. The van der Waals surface area contributed by atoms with Crippen molar-refractivity contribution < 1.29 is 19.3 Å². The lowest BCUT2D eigenvalue weighted by Crippen LogP contribution is -2.34. The maximum atomic E-state index is 10.6. The summed E-state index contributed by atoms with van der Waals surface area (Å²) in [5, 5.41) is 10.6. The van der Waals surface area contributed by atoms with Crippen LogP contribution in [0.15, 0.2) is 12.1 Å². The first-order chi connectivity index (χ1) is 10.2. The molecule has 0 spiro atoms. The summed E-state index contributed by atoms with van der Waals surface area (Å²) in [6, 6.07) is 3.25. The smallest absolute Gasteiger partial charge is 0.231 e. The van der Waals surface area contributed by atoms with Gasteiger partial charge in [0.25, 0.3) is 0 Å². The Balaban J connectivity index is 0.00000176. The topological polar surface area (TPSA) is 73.9 Å². The van der Waals surface area contributed by atoms with Crippen molar-refractivity contribution in [1.82, 2.24) is 0 Å². The normalized spacial score (nSPS) is 20.1. The largest absolute Gasteiger partial charge is 0.493 e. The van der Waals surface area contributed by atoms with Crippen LogP contribution in [-0.2, 0) is 0 Å². The van der Waals surface area contributed by atoms with Crippen LogP contribution in [-0.4, -0.2) is 25.1 Å². The van der Waals surface area contributed by atoms with Crippen LogP contribution in [0.3, 0.4) is 0 Å². The average Bonchev–Trinajstić information content (AvgIpc) is 3.01. The molecule has 0 radical (unpaired) electrons. The summed E-state index contributed by atoms with van der Waals surface area (Å²) < 4.78 is 16.1.